The number of pyridine rings is 1. The number of benzene rings is 2. The van der Waals surface area contributed by atoms with Crippen molar-refractivity contribution in [1.29, 1.82) is 0 Å². The van der Waals surface area contributed by atoms with Crippen LogP contribution in [-0.4, -0.2) is 34.1 Å². The summed E-state index contributed by atoms with van der Waals surface area (Å²) in [5.41, 5.74) is 3.64. The van der Waals surface area contributed by atoms with Crippen LogP contribution in [0.25, 0.3) is 16.9 Å². The van der Waals surface area contributed by atoms with E-state index in [0.717, 1.165) is 24.0 Å². The van der Waals surface area contributed by atoms with Gasteiger partial charge in [-0.1, -0.05) is 23.7 Å². The van der Waals surface area contributed by atoms with E-state index in [9.17, 15) is 18.0 Å². The minimum atomic E-state index is -4.29. The normalized spacial score (nSPS) is 13.5. The molecule has 10 heteroatoms. The molecule has 0 radical (unpaired) electrons. The Morgan fingerprint density at radius 2 is 1.95 bits per heavy atom. The first-order valence-electron chi connectivity index (χ1n) is 11.8. The third kappa shape index (κ3) is 6.17. The summed E-state index contributed by atoms with van der Waals surface area (Å²) in [7, 11) is 0. The Balaban J connectivity index is 1.47. The molecule has 0 aliphatic heterocycles. The number of fused-ring (bicyclic) bond motifs is 1. The van der Waals surface area contributed by atoms with E-state index < -0.39 is 12.6 Å². The molecule has 0 saturated heterocycles. The van der Waals surface area contributed by atoms with Crippen LogP contribution in [0.2, 0.25) is 5.02 Å². The molecular formula is C27H24ClF3N4O2. The number of amides is 1. The van der Waals surface area contributed by atoms with Crippen molar-refractivity contribution in [3.8, 4) is 22.8 Å². The number of alkyl halides is 3. The average molecular weight is 529 g/mol. The Hall–Kier alpha value is -3.72. The molecule has 2 aromatic carbocycles. The van der Waals surface area contributed by atoms with Crippen LogP contribution in [0.15, 0.2) is 60.9 Å². The lowest BCUT2D eigenvalue weighted by atomic mass is 10.0. The molecule has 37 heavy (non-hydrogen) atoms. The zero-order valence-corrected chi connectivity index (χ0v) is 20.7. The minimum Gasteiger partial charge on any atom is -0.456 e. The lowest BCUT2D eigenvalue weighted by molar-refractivity contribution is -0.131. The molecule has 1 saturated carbocycles. The van der Waals surface area contributed by atoms with Gasteiger partial charge in [0.25, 0.3) is 5.91 Å². The molecule has 1 amide bonds. The summed E-state index contributed by atoms with van der Waals surface area (Å²) in [6.45, 7) is 1.55. The molecule has 5 rings (SSSR count). The van der Waals surface area contributed by atoms with E-state index in [0.29, 0.717) is 39.1 Å². The van der Waals surface area contributed by atoms with E-state index in [-0.39, 0.29) is 18.5 Å². The number of hydrogen-bond acceptors (Lipinski definition) is 4. The van der Waals surface area contributed by atoms with Crippen molar-refractivity contribution in [3.63, 3.8) is 0 Å². The van der Waals surface area contributed by atoms with Crippen LogP contribution in [0.3, 0.4) is 0 Å². The Bertz CT molecular complexity index is 1460. The first-order chi connectivity index (χ1) is 17.6. The van der Waals surface area contributed by atoms with Gasteiger partial charge in [0, 0.05) is 41.0 Å². The average Bonchev–Trinajstić information content (AvgIpc) is 3.52. The van der Waals surface area contributed by atoms with Gasteiger partial charge in [-0.2, -0.15) is 13.2 Å². The first-order valence-corrected chi connectivity index (χ1v) is 12.2. The molecule has 2 aromatic heterocycles. The van der Waals surface area contributed by atoms with Crippen molar-refractivity contribution in [2.45, 2.75) is 38.4 Å². The molecule has 1 aliphatic carbocycles. The first kappa shape index (κ1) is 25.0. The summed E-state index contributed by atoms with van der Waals surface area (Å²) >= 11 is 6.05. The van der Waals surface area contributed by atoms with Crippen molar-refractivity contribution < 1.29 is 22.7 Å². The van der Waals surface area contributed by atoms with E-state index in [1.165, 1.54) is 0 Å². The molecule has 0 unspecified atom stereocenters. The van der Waals surface area contributed by atoms with Gasteiger partial charge in [-0.25, -0.2) is 4.98 Å². The highest BCUT2D eigenvalue weighted by atomic mass is 35.5. The highest BCUT2D eigenvalue weighted by Gasteiger charge is 2.27. The maximum Gasteiger partial charge on any atom is 0.390 e. The van der Waals surface area contributed by atoms with Crippen LogP contribution in [0, 0.1) is 6.92 Å². The summed E-state index contributed by atoms with van der Waals surface area (Å²) in [6, 6.07) is 14.2. The number of nitrogens with one attached hydrogen (secondary N) is 2. The maximum atomic E-state index is 12.8. The number of rotatable bonds is 8. The number of carbonyl (C=O) groups is 1. The number of ether oxygens (including phenoxy) is 1. The predicted molar refractivity (Wildman–Crippen MR) is 137 cm³/mol. The van der Waals surface area contributed by atoms with E-state index in [4.69, 9.17) is 16.3 Å². The Labute approximate surface area is 216 Å². The second-order valence-corrected chi connectivity index (χ2v) is 9.51. The van der Waals surface area contributed by atoms with Crippen LogP contribution in [0.5, 0.6) is 11.5 Å². The van der Waals surface area contributed by atoms with Gasteiger partial charge in [-0.05, 0) is 55.7 Å². The van der Waals surface area contributed by atoms with E-state index >= 15 is 0 Å². The van der Waals surface area contributed by atoms with Gasteiger partial charge in [0.2, 0.25) is 0 Å². The second-order valence-electron chi connectivity index (χ2n) is 9.08. The van der Waals surface area contributed by atoms with Gasteiger partial charge in [-0.3, -0.25) is 4.79 Å². The van der Waals surface area contributed by atoms with Crippen LogP contribution in [0.4, 0.5) is 18.9 Å². The third-order valence-electron chi connectivity index (χ3n) is 5.96. The largest absolute Gasteiger partial charge is 0.456 e. The molecule has 1 fully saturated rings. The highest BCUT2D eigenvalue weighted by molar-refractivity contribution is 6.30. The summed E-state index contributed by atoms with van der Waals surface area (Å²) in [5, 5.41) is 6.33. The lowest BCUT2D eigenvalue weighted by Gasteiger charge is -2.12. The SMILES string of the molecule is Cc1cc(-c2cn3cc(Oc4cccc(Cl)c4)cc(NCCC(F)(F)F)c3n2)ccc1C(=O)NC1CC1. The summed E-state index contributed by atoms with van der Waals surface area (Å²) in [4.78, 5) is 17.2. The fraction of sp³-hybridized carbons (Fsp3) is 0.259. The number of halogens is 4. The number of hydrogen-bond donors (Lipinski definition) is 2. The number of aryl methyl sites for hydroxylation is 1. The zero-order chi connectivity index (χ0) is 26.2. The van der Waals surface area contributed by atoms with Gasteiger partial charge in [-0.15, -0.1) is 0 Å². The monoisotopic (exact) mass is 528 g/mol. The Morgan fingerprint density at radius 3 is 2.65 bits per heavy atom. The molecule has 0 atom stereocenters. The number of anilines is 1. The maximum absolute atomic E-state index is 12.8. The smallest absolute Gasteiger partial charge is 0.390 e. The Morgan fingerprint density at radius 1 is 1.14 bits per heavy atom. The number of imidazole rings is 1. The molecule has 2 heterocycles. The van der Waals surface area contributed by atoms with E-state index in [1.54, 1.807) is 53.2 Å². The lowest BCUT2D eigenvalue weighted by Crippen LogP contribution is -2.26. The number of carbonyl (C=O) groups excluding carboxylic acids is 1. The van der Waals surface area contributed by atoms with E-state index in [2.05, 4.69) is 15.6 Å². The van der Waals surface area contributed by atoms with Gasteiger partial charge in [0.15, 0.2) is 5.65 Å². The van der Waals surface area contributed by atoms with Gasteiger partial charge in [0.05, 0.1) is 24.0 Å². The second kappa shape index (κ2) is 9.97. The van der Waals surface area contributed by atoms with Crippen LogP contribution in [0.1, 0.15) is 35.2 Å². The molecule has 192 valence electrons. The predicted octanol–water partition coefficient (Wildman–Crippen LogP) is 7.01. The quantitative estimate of drug-likeness (QED) is 0.258. The molecule has 0 bridgehead atoms. The topological polar surface area (TPSA) is 67.7 Å². The molecule has 6 nitrogen and oxygen atoms in total. The fourth-order valence-corrected chi connectivity index (χ4v) is 4.15. The third-order valence-corrected chi connectivity index (χ3v) is 6.20. The summed E-state index contributed by atoms with van der Waals surface area (Å²) in [6.07, 6.45) is 0.207. The standard InChI is InChI=1S/C27H24ClF3N4O2/c1-16-11-17(5-8-22(16)26(36)33-19-6-7-19)24-15-35-14-21(37-20-4-2-3-18(28)12-20)13-23(25(35)34-24)32-10-9-27(29,30)31/h2-5,8,11-15,19,32H,6-7,9-10H2,1H3,(H,33,36). The van der Waals surface area contributed by atoms with Crippen molar-refractivity contribution >= 4 is 28.8 Å². The van der Waals surface area contributed by atoms with Gasteiger partial charge >= 0.3 is 6.18 Å². The fourth-order valence-electron chi connectivity index (χ4n) is 3.97. The van der Waals surface area contributed by atoms with Crippen molar-refractivity contribution in [2.24, 2.45) is 0 Å². The summed E-state index contributed by atoms with van der Waals surface area (Å²) < 4.78 is 46.0. The van der Waals surface area contributed by atoms with Crippen molar-refractivity contribution in [3.05, 3.63) is 77.1 Å². The van der Waals surface area contributed by atoms with Crippen LogP contribution in [-0.2, 0) is 0 Å². The molecule has 2 N–H and O–H groups in total. The number of nitrogens with zero attached hydrogens (tertiary/aromatic N) is 2. The molecule has 1 aliphatic rings. The van der Waals surface area contributed by atoms with Crippen LogP contribution >= 0.6 is 11.6 Å². The van der Waals surface area contributed by atoms with E-state index in [1.807, 2.05) is 19.1 Å². The Kier molecular flexibility index (Phi) is 6.72. The molecule has 0 spiro atoms. The zero-order valence-electron chi connectivity index (χ0n) is 19.9. The van der Waals surface area contributed by atoms with Crippen molar-refractivity contribution in [2.75, 3.05) is 11.9 Å². The van der Waals surface area contributed by atoms with Crippen LogP contribution < -0.4 is 15.4 Å². The molecule has 4 aromatic rings. The minimum absolute atomic E-state index is 0.0968. The highest BCUT2D eigenvalue weighted by Crippen LogP contribution is 2.32. The van der Waals surface area contributed by atoms with Crippen molar-refractivity contribution in [1.82, 2.24) is 14.7 Å². The van der Waals surface area contributed by atoms with Gasteiger partial charge < -0.3 is 19.8 Å². The number of aromatic nitrogens is 2. The molecular weight excluding hydrogens is 505 g/mol. The van der Waals surface area contributed by atoms with Gasteiger partial charge in [0.1, 0.15) is 11.5 Å². The summed E-state index contributed by atoms with van der Waals surface area (Å²) in [5.74, 6) is 0.793.